The second-order valence-corrected chi connectivity index (χ2v) is 9.60. The number of alkyl carbamates (subject to hydrolysis) is 1. The van der Waals surface area contributed by atoms with Gasteiger partial charge in [0.1, 0.15) is 24.0 Å². The molecule has 0 unspecified atom stereocenters. The monoisotopic (exact) mass is 522 g/mol. The standard InChI is InChI=1S/C31H26N2O6/c34-29-25-11-6-10-23(25)24-14-13-21(16-28(24)39-29)38-30(35)27(15-20-17-32-26-12-5-4-9-22(20)26)33-31(36)37-18-19-7-2-1-3-8-19/h1-5,7-9,12-14,16-17,27,32H,6,10-11,15,18H2,(H,33,36)/t27-/m1/s1. The molecule has 0 saturated carbocycles. The lowest BCUT2D eigenvalue weighted by Crippen LogP contribution is -2.44. The van der Waals surface area contributed by atoms with Crippen molar-refractivity contribution in [2.75, 3.05) is 0 Å². The fraction of sp³-hybridized carbons (Fsp3) is 0.194. The number of rotatable bonds is 7. The van der Waals surface area contributed by atoms with Crippen molar-refractivity contribution in [3.63, 3.8) is 0 Å². The summed E-state index contributed by atoms with van der Waals surface area (Å²) in [5.74, 6) is -0.447. The maximum Gasteiger partial charge on any atom is 0.408 e. The van der Waals surface area contributed by atoms with E-state index in [1.54, 1.807) is 18.2 Å². The first kappa shape index (κ1) is 24.5. The third-order valence-corrected chi connectivity index (χ3v) is 7.05. The van der Waals surface area contributed by atoms with Crippen molar-refractivity contribution >= 4 is 33.9 Å². The zero-order chi connectivity index (χ0) is 26.8. The molecule has 1 aliphatic carbocycles. The number of hydrogen-bond donors (Lipinski definition) is 2. The second kappa shape index (κ2) is 10.5. The normalized spacial score (nSPS) is 13.2. The minimum Gasteiger partial charge on any atom is -0.445 e. The number of esters is 1. The Balaban J connectivity index is 1.23. The Hall–Kier alpha value is -4.85. The zero-order valence-electron chi connectivity index (χ0n) is 21.1. The lowest BCUT2D eigenvalue weighted by molar-refractivity contribution is -0.136. The first-order valence-corrected chi connectivity index (χ1v) is 12.9. The average molecular weight is 523 g/mol. The molecule has 0 bridgehead atoms. The molecule has 5 aromatic rings. The number of carbonyl (C=O) groups is 2. The fourth-order valence-electron chi connectivity index (χ4n) is 5.14. The fourth-order valence-corrected chi connectivity index (χ4v) is 5.14. The number of amides is 1. The van der Waals surface area contributed by atoms with Crippen LogP contribution in [0.3, 0.4) is 0 Å². The lowest BCUT2D eigenvalue weighted by Gasteiger charge is -2.18. The van der Waals surface area contributed by atoms with Gasteiger partial charge in [-0.3, -0.25) is 0 Å². The van der Waals surface area contributed by atoms with Crippen LogP contribution in [0, 0.1) is 0 Å². The van der Waals surface area contributed by atoms with E-state index < -0.39 is 18.1 Å². The van der Waals surface area contributed by atoms with E-state index in [1.807, 2.05) is 60.8 Å². The van der Waals surface area contributed by atoms with Gasteiger partial charge in [-0.25, -0.2) is 14.4 Å². The van der Waals surface area contributed by atoms with Crippen LogP contribution < -0.4 is 15.7 Å². The van der Waals surface area contributed by atoms with Gasteiger partial charge in [0.15, 0.2) is 0 Å². The van der Waals surface area contributed by atoms with E-state index >= 15 is 0 Å². The van der Waals surface area contributed by atoms with Crippen molar-refractivity contribution in [1.82, 2.24) is 10.3 Å². The number of ether oxygens (including phenoxy) is 2. The van der Waals surface area contributed by atoms with Crippen LogP contribution in [0.25, 0.3) is 21.9 Å². The van der Waals surface area contributed by atoms with Gasteiger partial charge in [0.2, 0.25) is 0 Å². The van der Waals surface area contributed by atoms with Crippen molar-refractivity contribution in [2.24, 2.45) is 0 Å². The number of aromatic nitrogens is 1. The molecule has 2 N–H and O–H groups in total. The molecule has 8 nitrogen and oxygen atoms in total. The third-order valence-electron chi connectivity index (χ3n) is 7.05. The molecule has 1 amide bonds. The van der Waals surface area contributed by atoms with Gasteiger partial charge < -0.3 is 24.2 Å². The van der Waals surface area contributed by atoms with Crippen LogP contribution in [0.2, 0.25) is 0 Å². The van der Waals surface area contributed by atoms with Gasteiger partial charge in [-0.2, -0.15) is 0 Å². The maximum atomic E-state index is 13.4. The van der Waals surface area contributed by atoms with Gasteiger partial charge >= 0.3 is 17.7 Å². The molecule has 0 spiro atoms. The van der Waals surface area contributed by atoms with Gasteiger partial charge in [0.25, 0.3) is 0 Å². The van der Waals surface area contributed by atoms with Crippen LogP contribution in [-0.4, -0.2) is 23.1 Å². The van der Waals surface area contributed by atoms with E-state index in [9.17, 15) is 14.4 Å². The van der Waals surface area contributed by atoms with Crippen LogP contribution in [-0.2, 0) is 35.4 Å². The summed E-state index contributed by atoms with van der Waals surface area (Å²) in [6.07, 6.45) is 3.70. The quantitative estimate of drug-likeness (QED) is 0.173. The van der Waals surface area contributed by atoms with E-state index in [2.05, 4.69) is 10.3 Å². The molecule has 2 heterocycles. The van der Waals surface area contributed by atoms with Crippen LogP contribution in [0.1, 0.15) is 28.7 Å². The topological polar surface area (TPSA) is 111 Å². The highest BCUT2D eigenvalue weighted by molar-refractivity contribution is 5.88. The molecule has 1 aliphatic rings. The number of aryl methyl sites for hydroxylation is 1. The highest BCUT2D eigenvalue weighted by Gasteiger charge is 2.26. The van der Waals surface area contributed by atoms with Crippen LogP contribution >= 0.6 is 0 Å². The summed E-state index contributed by atoms with van der Waals surface area (Å²) in [6, 6.07) is 21.0. The number of benzene rings is 3. The summed E-state index contributed by atoms with van der Waals surface area (Å²) in [5.41, 5.74) is 4.34. The minimum absolute atomic E-state index is 0.0650. The molecule has 196 valence electrons. The van der Waals surface area contributed by atoms with Crippen molar-refractivity contribution in [1.29, 1.82) is 0 Å². The van der Waals surface area contributed by atoms with E-state index in [-0.39, 0.29) is 24.4 Å². The molecular weight excluding hydrogens is 496 g/mol. The Kier molecular flexibility index (Phi) is 6.59. The van der Waals surface area contributed by atoms with Crippen molar-refractivity contribution in [3.8, 4) is 5.75 Å². The Bertz CT molecular complexity index is 1740. The molecule has 0 saturated heterocycles. The molecular formula is C31H26N2O6. The maximum absolute atomic E-state index is 13.4. The van der Waals surface area contributed by atoms with E-state index in [0.717, 1.165) is 51.4 Å². The molecule has 0 fully saturated rings. The lowest BCUT2D eigenvalue weighted by atomic mass is 10.0. The largest absolute Gasteiger partial charge is 0.445 e. The first-order valence-electron chi connectivity index (χ1n) is 12.9. The summed E-state index contributed by atoms with van der Waals surface area (Å²) in [6.45, 7) is 0.0650. The molecule has 6 rings (SSSR count). The van der Waals surface area contributed by atoms with Gasteiger partial charge in [-0.15, -0.1) is 0 Å². The molecule has 0 radical (unpaired) electrons. The summed E-state index contributed by atoms with van der Waals surface area (Å²) in [7, 11) is 0. The number of H-pyrrole nitrogens is 1. The van der Waals surface area contributed by atoms with Gasteiger partial charge in [0, 0.05) is 40.5 Å². The molecule has 39 heavy (non-hydrogen) atoms. The highest BCUT2D eigenvalue weighted by Crippen LogP contribution is 2.30. The Morgan fingerprint density at radius 3 is 2.62 bits per heavy atom. The van der Waals surface area contributed by atoms with Gasteiger partial charge in [-0.05, 0) is 54.2 Å². The molecule has 8 heteroatoms. The predicted molar refractivity (Wildman–Crippen MR) is 146 cm³/mol. The summed E-state index contributed by atoms with van der Waals surface area (Å²) in [5, 5.41) is 4.46. The number of carbonyl (C=O) groups excluding carboxylic acids is 2. The summed E-state index contributed by atoms with van der Waals surface area (Å²) in [4.78, 5) is 41.7. The van der Waals surface area contributed by atoms with Gasteiger partial charge in [-0.1, -0.05) is 48.5 Å². The third kappa shape index (κ3) is 5.13. The van der Waals surface area contributed by atoms with Crippen molar-refractivity contribution in [2.45, 2.75) is 38.3 Å². The second-order valence-electron chi connectivity index (χ2n) is 9.60. The predicted octanol–water partition coefficient (Wildman–Crippen LogP) is 5.21. The summed E-state index contributed by atoms with van der Waals surface area (Å²) >= 11 is 0. The van der Waals surface area contributed by atoms with Crippen LogP contribution in [0.15, 0.2) is 88.2 Å². The van der Waals surface area contributed by atoms with E-state index in [1.165, 1.54) is 0 Å². The molecule has 0 aliphatic heterocycles. The highest BCUT2D eigenvalue weighted by atomic mass is 16.6. The van der Waals surface area contributed by atoms with Crippen LogP contribution in [0.5, 0.6) is 5.75 Å². The van der Waals surface area contributed by atoms with Gasteiger partial charge in [0.05, 0.1) is 0 Å². The smallest absolute Gasteiger partial charge is 0.408 e. The number of hydrogen-bond acceptors (Lipinski definition) is 6. The summed E-state index contributed by atoms with van der Waals surface area (Å²) < 4.78 is 16.6. The molecule has 2 aromatic heterocycles. The number of para-hydroxylation sites is 1. The Morgan fingerprint density at radius 1 is 0.949 bits per heavy atom. The van der Waals surface area contributed by atoms with Crippen molar-refractivity contribution < 1.29 is 23.5 Å². The van der Waals surface area contributed by atoms with Crippen molar-refractivity contribution in [3.05, 3.63) is 112 Å². The van der Waals surface area contributed by atoms with E-state index in [0.29, 0.717) is 12.0 Å². The molecule has 3 aromatic carbocycles. The SMILES string of the molecule is O=C(N[C@H](Cc1c[nH]c2ccccc12)C(=O)Oc1ccc2c3c(c(=O)oc2c1)CCC3)OCc1ccccc1. The van der Waals surface area contributed by atoms with E-state index in [4.69, 9.17) is 13.9 Å². The zero-order valence-corrected chi connectivity index (χ0v) is 21.1. The molecule has 1 atom stereocenters. The average Bonchev–Trinajstić information content (AvgIpc) is 3.60. The van der Waals surface area contributed by atoms with Crippen LogP contribution in [0.4, 0.5) is 4.79 Å². The Labute approximate surface area is 223 Å². The minimum atomic E-state index is -1.03. The first-order chi connectivity index (χ1) is 19.0. The number of nitrogens with one attached hydrogen (secondary N) is 2. The Morgan fingerprint density at radius 2 is 1.74 bits per heavy atom. The number of aromatic amines is 1. The number of fused-ring (bicyclic) bond motifs is 4.